The molecule has 2 aromatic heterocycles. The average Bonchev–Trinajstić information content (AvgIpc) is 2.96. The number of aliphatic hydroxyl groups is 3. The fourth-order valence-corrected chi connectivity index (χ4v) is 2.25. The van der Waals surface area contributed by atoms with Gasteiger partial charge in [0.05, 0.1) is 5.39 Å². The lowest BCUT2D eigenvalue weighted by atomic mass is 10.1. The van der Waals surface area contributed by atoms with Crippen molar-refractivity contribution in [3.05, 3.63) is 24.5 Å². The predicted molar refractivity (Wildman–Crippen MR) is 60.5 cm³/mol. The van der Waals surface area contributed by atoms with Crippen molar-refractivity contribution in [1.82, 2.24) is 14.5 Å². The average molecular weight is 287 g/mol. The molecule has 0 radical (unpaired) electrons. The molecule has 3 N–H and O–H groups in total. The summed E-state index contributed by atoms with van der Waals surface area (Å²) in [4.78, 5) is 7.20. The van der Waals surface area contributed by atoms with Crippen molar-refractivity contribution in [2.75, 3.05) is 6.61 Å². The van der Waals surface area contributed by atoms with Crippen LogP contribution >= 0.6 is 0 Å². The second-order valence-corrected chi connectivity index (χ2v) is 4.51. The molecule has 1 aliphatic rings. The molecule has 1 saturated heterocycles. The van der Waals surface area contributed by atoms with Gasteiger partial charge < -0.3 is 24.6 Å². The van der Waals surface area contributed by atoms with Crippen molar-refractivity contribution < 1.29 is 28.8 Å². The van der Waals surface area contributed by atoms with Gasteiger partial charge in [-0.25, -0.2) is 14.4 Å². The zero-order valence-corrected chi connectivity index (χ0v) is 10.0. The molecule has 0 aliphatic carbocycles. The smallest absolute Gasteiger partial charge is 0.263 e. The van der Waals surface area contributed by atoms with Crippen LogP contribution < -0.4 is 0 Å². The van der Waals surface area contributed by atoms with E-state index in [1.54, 1.807) is 0 Å². The first-order chi connectivity index (χ1) is 9.48. The van der Waals surface area contributed by atoms with Gasteiger partial charge >= 0.3 is 0 Å². The van der Waals surface area contributed by atoms with Gasteiger partial charge in [-0.1, -0.05) is 0 Å². The SMILES string of the molecule is OC[C@@]1(F)O[C@@H](n2ccc3c(F)ncnc32)[C@H](O)[C@@H]1O. The summed E-state index contributed by atoms with van der Waals surface area (Å²) in [6.07, 6.45) is -2.61. The molecule has 0 saturated carbocycles. The Balaban J connectivity index is 2.06. The van der Waals surface area contributed by atoms with E-state index in [0.29, 0.717) is 0 Å². The van der Waals surface area contributed by atoms with Crippen molar-refractivity contribution in [2.24, 2.45) is 0 Å². The number of ether oxygens (including phenoxy) is 1. The first-order valence-corrected chi connectivity index (χ1v) is 5.78. The summed E-state index contributed by atoms with van der Waals surface area (Å²) >= 11 is 0. The maximum absolute atomic E-state index is 14.0. The third-order valence-corrected chi connectivity index (χ3v) is 3.32. The van der Waals surface area contributed by atoms with Crippen molar-refractivity contribution in [2.45, 2.75) is 24.3 Å². The van der Waals surface area contributed by atoms with Gasteiger partial charge in [0, 0.05) is 6.20 Å². The van der Waals surface area contributed by atoms with E-state index in [-0.39, 0.29) is 11.0 Å². The third-order valence-electron chi connectivity index (χ3n) is 3.32. The van der Waals surface area contributed by atoms with E-state index in [0.717, 1.165) is 6.33 Å². The van der Waals surface area contributed by atoms with Crippen LogP contribution in [0.25, 0.3) is 11.0 Å². The number of rotatable bonds is 2. The molecule has 1 aliphatic heterocycles. The predicted octanol–water partition coefficient (Wildman–Crippen LogP) is -0.521. The first-order valence-electron chi connectivity index (χ1n) is 5.78. The Morgan fingerprint density at radius 2 is 2.15 bits per heavy atom. The minimum absolute atomic E-state index is 0.0677. The number of nitrogens with zero attached hydrogens (tertiary/aromatic N) is 3. The Kier molecular flexibility index (Phi) is 2.94. The van der Waals surface area contributed by atoms with E-state index in [1.165, 1.54) is 16.8 Å². The molecule has 20 heavy (non-hydrogen) atoms. The number of aromatic nitrogens is 3. The van der Waals surface area contributed by atoms with Crippen molar-refractivity contribution in [3.8, 4) is 0 Å². The van der Waals surface area contributed by atoms with Gasteiger partial charge in [-0.2, -0.15) is 4.39 Å². The van der Waals surface area contributed by atoms with E-state index in [1.807, 2.05) is 0 Å². The molecule has 9 heteroatoms. The largest absolute Gasteiger partial charge is 0.390 e. The minimum atomic E-state index is -2.79. The van der Waals surface area contributed by atoms with E-state index >= 15 is 0 Å². The number of hydrogen-bond acceptors (Lipinski definition) is 6. The maximum Gasteiger partial charge on any atom is 0.263 e. The molecule has 4 atom stereocenters. The number of hydrogen-bond donors (Lipinski definition) is 3. The highest BCUT2D eigenvalue weighted by Gasteiger charge is 2.55. The van der Waals surface area contributed by atoms with Crippen LogP contribution in [0.5, 0.6) is 0 Å². The van der Waals surface area contributed by atoms with Crippen LogP contribution in [-0.4, -0.2) is 54.5 Å². The first kappa shape index (κ1) is 13.3. The van der Waals surface area contributed by atoms with Crippen molar-refractivity contribution >= 4 is 11.0 Å². The van der Waals surface area contributed by atoms with Crippen LogP contribution in [0.2, 0.25) is 0 Å². The topological polar surface area (TPSA) is 101 Å². The Bertz CT molecular complexity index is 652. The molecule has 3 rings (SSSR count). The highest BCUT2D eigenvalue weighted by atomic mass is 19.2. The lowest BCUT2D eigenvalue weighted by Crippen LogP contribution is -2.42. The van der Waals surface area contributed by atoms with Crippen molar-refractivity contribution in [3.63, 3.8) is 0 Å². The lowest BCUT2D eigenvalue weighted by Gasteiger charge is -2.19. The Hall–Kier alpha value is -1.68. The fraction of sp³-hybridized carbons (Fsp3) is 0.455. The molecule has 0 bridgehead atoms. The van der Waals surface area contributed by atoms with Gasteiger partial charge in [0.1, 0.15) is 30.8 Å². The summed E-state index contributed by atoms with van der Waals surface area (Å²) in [5.74, 6) is -3.55. The molecular weight excluding hydrogens is 276 g/mol. The Morgan fingerprint density at radius 1 is 1.40 bits per heavy atom. The van der Waals surface area contributed by atoms with E-state index in [9.17, 15) is 19.0 Å². The number of fused-ring (bicyclic) bond motifs is 1. The normalized spacial score (nSPS) is 34.0. The van der Waals surface area contributed by atoms with Gasteiger partial charge in [-0.3, -0.25) is 0 Å². The number of halogens is 2. The van der Waals surface area contributed by atoms with Crippen molar-refractivity contribution in [1.29, 1.82) is 0 Å². The van der Waals surface area contributed by atoms with Gasteiger partial charge in [0.25, 0.3) is 5.85 Å². The monoisotopic (exact) mass is 287 g/mol. The number of alkyl halides is 1. The van der Waals surface area contributed by atoms with Crippen LogP contribution in [-0.2, 0) is 4.74 Å². The molecule has 0 aromatic carbocycles. The quantitative estimate of drug-likeness (QED) is 0.643. The molecule has 3 heterocycles. The van der Waals surface area contributed by atoms with Crippen LogP contribution in [0.3, 0.4) is 0 Å². The molecule has 0 spiro atoms. The van der Waals surface area contributed by atoms with Crippen LogP contribution in [0.15, 0.2) is 18.6 Å². The summed E-state index contributed by atoms with van der Waals surface area (Å²) in [7, 11) is 0. The van der Waals surface area contributed by atoms with E-state index in [4.69, 9.17) is 9.84 Å². The molecule has 2 aromatic rings. The molecule has 7 nitrogen and oxygen atoms in total. The second kappa shape index (κ2) is 4.42. The lowest BCUT2D eigenvalue weighted by molar-refractivity contribution is -0.206. The van der Waals surface area contributed by atoms with Gasteiger partial charge in [-0.05, 0) is 6.07 Å². The number of aliphatic hydroxyl groups excluding tert-OH is 3. The summed E-state index contributed by atoms with van der Waals surface area (Å²) in [5, 5.41) is 28.4. The summed E-state index contributed by atoms with van der Waals surface area (Å²) in [6.45, 7) is -1.12. The third kappa shape index (κ3) is 1.71. The second-order valence-electron chi connectivity index (χ2n) is 4.51. The zero-order valence-electron chi connectivity index (χ0n) is 10.0. The molecule has 0 unspecified atom stereocenters. The fourth-order valence-electron chi connectivity index (χ4n) is 2.25. The summed E-state index contributed by atoms with van der Waals surface area (Å²) in [6, 6.07) is 1.34. The van der Waals surface area contributed by atoms with Gasteiger partial charge in [-0.15, -0.1) is 0 Å². The van der Waals surface area contributed by atoms with Crippen LogP contribution in [0, 0.1) is 5.95 Å². The Morgan fingerprint density at radius 3 is 2.80 bits per heavy atom. The molecule has 0 amide bonds. The van der Waals surface area contributed by atoms with Gasteiger partial charge in [0.15, 0.2) is 6.23 Å². The minimum Gasteiger partial charge on any atom is -0.390 e. The standard InChI is InChI=1S/C11H11F2N3O4/c12-8-5-1-2-16(9(5)15-4-14-8)10-6(18)7(19)11(13,3-17)20-10/h1-2,4,6-7,10,17-19H,3H2/t6-,7+,10-,11-/m1/s1. The summed E-state index contributed by atoms with van der Waals surface area (Å²) in [5.41, 5.74) is 0.0796. The zero-order chi connectivity index (χ0) is 14.5. The van der Waals surface area contributed by atoms with E-state index < -0.39 is 36.8 Å². The van der Waals surface area contributed by atoms with Gasteiger partial charge in [0.2, 0.25) is 5.95 Å². The Labute approximate surface area is 111 Å². The summed E-state index contributed by atoms with van der Waals surface area (Å²) < 4.78 is 33.5. The molecule has 108 valence electrons. The highest BCUT2D eigenvalue weighted by Crippen LogP contribution is 2.39. The van der Waals surface area contributed by atoms with E-state index in [2.05, 4.69) is 9.97 Å². The maximum atomic E-state index is 14.0. The highest BCUT2D eigenvalue weighted by molar-refractivity contribution is 5.75. The van der Waals surface area contributed by atoms with Crippen LogP contribution in [0.4, 0.5) is 8.78 Å². The molecular formula is C11H11F2N3O4. The van der Waals surface area contributed by atoms with Crippen LogP contribution in [0.1, 0.15) is 6.23 Å². The molecule has 1 fully saturated rings.